The lowest BCUT2D eigenvalue weighted by atomic mass is 10.0. The first kappa shape index (κ1) is 18.8. The molecule has 0 bridgehead atoms. The zero-order chi connectivity index (χ0) is 19.8. The van der Waals surface area contributed by atoms with Crippen molar-refractivity contribution in [2.75, 3.05) is 0 Å². The fourth-order valence-corrected chi connectivity index (χ4v) is 5.18. The van der Waals surface area contributed by atoms with Crippen molar-refractivity contribution in [2.24, 2.45) is 0 Å². The summed E-state index contributed by atoms with van der Waals surface area (Å²) in [5.74, 6) is 1.80. The molecule has 0 unspecified atom stereocenters. The zero-order valence-corrected chi connectivity index (χ0v) is 18.3. The van der Waals surface area contributed by atoms with Crippen molar-refractivity contribution in [1.29, 1.82) is 0 Å². The lowest BCUT2D eigenvalue weighted by molar-refractivity contribution is 0.218. The molecule has 4 nitrogen and oxygen atoms in total. The Kier molecular flexibility index (Phi) is 5.14. The molecule has 1 aliphatic carbocycles. The van der Waals surface area contributed by atoms with E-state index in [0.29, 0.717) is 6.04 Å². The van der Waals surface area contributed by atoms with E-state index >= 15 is 0 Å². The standard InChI is InChI=1S/C23H22BrN3OS/c24-16-10-8-15(9-11-16)19-12-13-20(28-19)22-21(18-7-3-4-14-25-18)26-23(29)27(22)17-5-1-2-6-17/h3-4,7-14,17,21-22H,1-2,5-6H2,(H,26,29)/t21-,22-/m1/s1. The molecule has 1 aliphatic heterocycles. The molecule has 2 fully saturated rings. The maximum atomic E-state index is 6.40. The minimum Gasteiger partial charge on any atom is -0.459 e. The SMILES string of the molecule is S=C1N[C@H](c2ccccn2)[C@@H](c2ccc(-c3ccc(Br)cc3)o2)N1C1CCCC1. The highest BCUT2D eigenvalue weighted by atomic mass is 79.9. The summed E-state index contributed by atoms with van der Waals surface area (Å²) < 4.78 is 7.46. The molecule has 0 radical (unpaired) electrons. The molecule has 2 atom stereocenters. The fraction of sp³-hybridized carbons (Fsp3) is 0.304. The first-order valence-electron chi connectivity index (χ1n) is 10.1. The minimum absolute atomic E-state index is 0.00435. The summed E-state index contributed by atoms with van der Waals surface area (Å²) in [6, 6.07) is 18.8. The van der Waals surface area contributed by atoms with Crippen molar-refractivity contribution in [1.82, 2.24) is 15.2 Å². The average Bonchev–Trinajstić information content (AvgIpc) is 3.48. The Labute approximate surface area is 184 Å². The summed E-state index contributed by atoms with van der Waals surface area (Å²) in [6.45, 7) is 0. The minimum atomic E-state index is -0.0202. The van der Waals surface area contributed by atoms with Gasteiger partial charge in [-0.1, -0.05) is 47.0 Å². The Morgan fingerprint density at radius 3 is 2.55 bits per heavy atom. The van der Waals surface area contributed by atoms with E-state index in [9.17, 15) is 0 Å². The van der Waals surface area contributed by atoms with Crippen LogP contribution in [0.3, 0.4) is 0 Å². The molecule has 0 amide bonds. The summed E-state index contributed by atoms with van der Waals surface area (Å²) in [5.41, 5.74) is 2.05. The van der Waals surface area contributed by atoms with E-state index in [1.165, 1.54) is 25.7 Å². The van der Waals surface area contributed by atoms with E-state index in [2.05, 4.69) is 61.5 Å². The third-order valence-corrected chi connectivity index (χ3v) is 6.76. The maximum absolute atomic E-state index is 6.40. The van der Waals surface area contributed by atoms with Gasteiger partial charge in [-0.3, -0.25) is 4.98 Å². The van der Waals surface area contributed by atoms with Crippen molar-refractivity contribution in [3.8, 4) is 11.3 Å². The largest absolute Gasteiger partial charge is 0.459 e. The van der Waals surface area contributed by atoms with Crippen LogP contribution >= 0.6 is 28.1 Å². The molecule has 148 valence electrons. The van der Waals surface area contributed by atoms with Crippen LogP contribution in [0.4, 0.5) is 0 Å². The van der Waals surface area contributed by atoms with Crippen LogP contribution < -0.4 is 5.32 Å². The number of rotatable bonds is 4. The quantitative estimate of drug-likeness (QED) is 0.475. The monoisotopic (exact) mass is 467 g/mol. The number of halogens is 1. The highest BCUT2D eigenvalue weighted by molar-refractivity contribution is 9.10. The summed E-state index contributed by atoms with van der Waals surface area (Å²) in [4.78, 5) is 6.98. The molecule has 3 heterocycles. The molecule has 6 heteroatoms. The highest BCUT2D eigenvalue weighted by Crippen LogP contribution is 2.44. The van der Waals surface area contributed by atoms with E-state index in [1.54, 1.807) is 0 Å². The van der Waals surface area contributed by atoms with Crippen LogP contribution in [0.1, 0.15) is 49.2 Å². The van der Waals surface area contributed by atoms with Crippen LogP contribution in [0.15, 0.2) is 69.7 Å². The molecule has 1 saturated carbocycles. The summed E-state index contributed by atoms with van der Waals surface area (Å²) in [6.07, 6.45) is 6.70. The number of nitrogens with one attached hydrogen (secondary N) is 1. The van der Waals surface area contributed by atoms with Crippen molar-refractivity contribution in [2.45, 2.75) is 43.8 Å². The maximum Gasteiger partial charge on any atom is 0.170 e. The Morgan fingerprint density at radius 1 is 1.03 bits per heavy atom. The van der Waals surface area contributed by atoms with Gasteiger partial charge in [-0.2, -0.15) is 0 Å². The molecule has 1 saturated heterocycles. The second-order valence-electron chi connectivity index (χ2n) is 7.68. The first-order valence-corrected chi connectivity index (χ1v) is 11.3. The summed E-state index contributed by atoms with van der Waals surface area (Å²) in [7, 11) is 0. The van der Waals surface area contributed by atoms with Gasteiger partial charge in [0.1, 0.15) is 17.6 Å². The van der Waals surface area contributed by atoms with Gasteiger partial charge in [-0.15, -0.1) is 0 Å². The van der Waals surface area contributed by atoms with Gasteiger partial charge in [-0.25, -0.2) is 0 Å². The van der Waals surface area contributed by atoms with Crippen LogP contribution in [0.2, 0.25) is 0 Å². The van der Waals surface area contributed by atoms with Crippen molar-refractivity contribution in [3.63, 3.8) is 0 Å². The van der Waals surface area contributed by atoms with Gasteiger partial charge in [0.15, 0.2) is 5.11 Å². The number of furan rings is 1. The van der Waals surface area contributed by atoms with Crippen molar-refractivity contribution in [3.05, 3.63) is 76.7 Å². The summed E-state index contributed by atoms with van der Waals surface area (Å²) >= 11 is 9.28. The van der Waals surface area contributed by atoms with E-state index < -0.39 is 0 Å². The van der Waals surface area contributed by atoms with Gasteiger partial charge in [0.05, 0.1) is 11.7 Å². The van der Waals surface area contributed by atoms with E-state index in [4.69, 9.17) is 16.6 Å². The number of benzene rings is 1. The lowest BCUT2D eigenvalue weighted by Crippen LogP contribution is -2.37. The predicted molar refractivity (Wildman–Crippen MR) is 121 cm³/mol. The summed E-state index contributed by atoms with van der Waals surface area (Å²) in [5, 5.41) is 4.34. The van der Waals surface area contributed by atoms with Gasteiger partial charge in [0.25, 0.3) is 0 Å². The third-order valence-electron chi connectivity index (χ3n) is 5.90. The Balaban J connectivity index is 1.54. The number of aromatic nitrogens is 1. The molecule has 29 heavy (non-hydrogen) atoms. The van der Waals surface area contributed by atoms with Gasteiger partial charge < -0.3 is 14.6 Å². The highest BCUT2D eigenvalue weighted by Gasteiger charge is 2.45. The molecule has 2 aromatic heterocycles. The van der Waals surface area contributed by atoms with Gasteiger partial charge in [-0.05, 0) is 61.5 Å². The second-order valence-corrected chi connectivity index (χ2v) is 8.98. The van der Waals surface area contributed by atoms with Crippen LogP contribution in [-0.2, 0) is 0 Å². The number of nitrogens with zero attached hydrogens (tertiary/aromatic N) is 2. The normalized spacial score (nSPS) is 22.2. The van der Waals surface area contributed by atoms with Gasteiger partial charge in [0.2, 0.25) is 0 Å². The van der Waals surface area contributed by atoms with Gasteiger partial charge in [0, 0.05) is 22.3 Å². The third kappa shape index (κ3) is 3.60. The molecule has 3 aromatic rings. The Bertz CT molecular complexity index is 998. The second kappa shape index (κ2) is 7.92. The lowest BCUT2D eigenvalue weighted by Gasteiger charge is -2.31. The van der Waals surface area contributed by atoms with Crippen molar-refractivity contribution >= 4 is 33.3 Å². The van der Waals surface area contributed by atoms with Crippen molar-refractivity contribution < 1.29 is 4.42 Å². The molecule has 1 N–H and O–H groups in total. The Hall–Kier alpha value is -2.18. The number of thiocarbonyl (C=S) groups is 1. The topological polar surface area (TPSA) is 41.3 Å². The Morgan fingerprint density at radius 2 is 1.83 bits per heavy atom. The zero-order valence-electron chi connectivity index (χ0n) is 15.9. The average molecular weight is 468 g/mol. The fourth-order valence-electron chi connectivity index (χ4n) is 4.53. The van der Waals surface area contributed by atoms with E-state index in [1.807, 2.05) is 30.5 Å². The molecule has 1 aromatic carbocycles. The first-order chi connectivity index (χ1) is 14.2. The van der Waals surface area contributed by atoms with Gasteiger partial charge >= 0.3 is 0 Å². The molecule has 5 rings (SSSR count). The van der Waals surface area contributed by atoms with Crippen LogP contribution in [-0.4, -0.2) is 21.0 Å². The van der Waals surface area contributed by atoms with Crippen LogP contribution in [0.5, 0.6) is 0 Å². The molecule has 0 spiro atoms. The van der Waals surface area contributed by atoms with E-state index in [-0.39, 0.29) is 12.1 Å². The number of pyridine rings is 1. The van der Waals surface area contributed by atoms with Crippen LogP contribution in [0.25, 0.3) is 11.3 Å². The molecular formula is C23H22BrN3OS. The molecular weight excluding hydrogens is 446 g/mol. The smallest absolute Gasteiger partial charge is 0.170 e. The number of hydrogen-bond acceptors (Lipinski definition) is 3. The molecule has 2 aliphatic rings. The predicted octanol–water partition coefficient (Wildman–Crippen LogP) is 6.02. The van der Waals surface area contributed by atoms with Crippen LogP contribution in [0, 0.1) is 0 Å². The number of hydrogen-bond donors (Lipinski definition) is 1. The van der Waals surface area contributed by atoms with E-state index in [0.717, 1.165) is 32.4 Å².